The van der Waals surface area contributed by atoms with Crippen LogP contribution < -0.4 is 10.2 Å². The van der Waals surface area contributed by atoms with Crippen LogP contribution in [0.3, 0.4) is 0 Å². The smallest absolute Gasteiger partial charge is 0.270 e. The van der Waals surface area contributed by atoms with Crippen molar-refractivity contribution in [3.05, 3.63) is 71.9 Å². The number of anilines is 3. The lowest BCUT2D eigenvalue weighted by molar-refractivity contribution is 0.0567. The van der Waals surface area contributed by atoms with Crippen molar-refractivity contribution in [1.29, 1.82) is 5.26 Å². The topological polar surface area (TPSA) is 119 Å². The summed E-state index contributed by atoms with van der Waals surface area (Å²) in [6.45, 7) is 2.42. The van der Waals surface area contributed by atoms with Crippen LogP contribution in [-0.2, 0) is 20.0 Å². The molecule has 5 heterocycles. The first-order chi connectivity index (χ1) is 17.6. The summed E-state index contributed by atoms with van der Waals surface area (Å²) in [4.78, 5) is 26.1. The molecule has 36 heavy (non-hydrogen) atoms. The highest BCUT2D eigenvalue weighted by Gasteiger charge is 2.34. The van der Waals surface area contributed by atoms with E-state index in [1.54, 1.807) is 17.3 Å². The number of carbonyl (C=O) groups is 1. The minimum absolute atomic E-state index is 0.00816. The third-order valence-corrected chi connectivity index (χ3v) is 6.92. The van der Waals surface area contributed by atoms with Crippen LogP contribution in [0.2, 0.25) is 0 Å². The maximum Gasteiger partial charge on any atom is 0.270 e. The summed E-state index contributed by atoms with van der Waals surface area (Å²) < 4.78 is 1.98. The molecule has 0 spiro atoms. The van der Waals surface area contributed by atoms with Crippen LogP contribution in [0.1, 0.15) is 21.7 Å². The minimum atomic E-state index is -0.0493. The standard InChI is InChI=1S/C26H25N9O/c1-33-22(25(36)35-14-17(11-27)15-35)10-19-7-9-34(16-23(19)33)26-28-8-6-24(32-26)31-21-4-2-18(3-5-21)20-12-29-30-13-20/h2-6,8,10,12-13,17H,7,9,14-16H2,1H3,(H,29,30)(H,28,31,32). The number of fused-ring (bicyclic) bond motifs is 1. The highest BCUT2D eigenvalue weighted by molar-refractivity contribution is 5.94. The van der Waals surface area contributed by atoms with Gasteiger partial charge in [0.05, 0.1) is 24.7 Å². The van der Waals surface area contributed by atoms with Gasteiger partial charge in [0.1, 0.15) is 11.5 Å². The van der Waals surface area contributed by atoms with E-state index >= 15 is 0 Å². The van der Waals surface area contributed by atoms with Crippen molar-refractivity contribution in [2.75, 3.05) is 29.9 Å². The van der Waals surface area contributed by atoms with Crippen molar-refractivity contribution < 1.29 is 4.79 Å². The number of benzene rings is 1. The molecular weight excluding hydrogens is 454 g/mol. The van der Waals surface area contributed by atoms with E-state index in [0.717, 1.165) is 41.3 Å². The van der Waals surface area contributed by atoms with Gasteiger partial charge in [0, 0.05) is 56.0 Å². The van der Waals surface area contributed by atoms with E-state index in [2.05, 4.69) is 31.5 Å². The predicted octanol–water partition coefficient (Wildman–Crippen LogP) is 3.11. The summed E-state index contributed by atoms with van der Waals surface area (Å²) >= 11 is 0. The number of aromatic amines is 1. The van der Waals surface area contributed by atoms with Gasteiger partial charge in [0.25, 0.3) is 5.91 Å². The highest BCUT2D eigenvalue weighted by Crippen LogP contribution is 2.28. The molecule has 1 saturated heterocycles. The average molecular weight is 480 g/mol. The number of rotatable bonds is 5. The molecule has 0 aliphatic carbocycles. The van der Waals surface area contributed by atoms with Crippen LogP contribution in [0.15, 0.2) is 55.0 Å². The first-order valence-electron chi connectivity index (χ1n) is 11.9. The molecule has 0 atom stereocenters. The predicted molar refractivity (Wildman–Crippen MR) is 135 cm³/mol. The summed E-state index contributed by atoms with van der Waals surface area (Å²) in [6.07, 6.45) is 6.23. The van der Waals surface area contributed by atoms with Gasteiger partial charge < -0.3 is 19.7 Å². The van der Waals surface area contributed by atoms with Crippen LogP contribution in [0.4, 0.5) is 17.5 Å². The van der Waals surface area contributed by atoms with E-state index in [1.807, 2.05) is 54.2 Å². The fraction of sp³-hybridized carbons (Fsp3) is 0.269. The van der Waals surface area contributed by atoms with Crippen LogP contribution in [0.25, 0.3) is 11.1 Å². The minimum Gasteiger partial charge on any atom is -0.342 e. The fourth-order valence-corrected chi connectivity index (χ4v) is 4.78. The number of hydrogen-bond donors (Lipinski definition) is 2. The van der Waals surface area contributed by atoms with Crippen molar-refractivity contribution in [3.8, 4) is 17.2 Å². The van der Waals surface area contributed by atoms with Crippen molar-refractivity contribution in [2.45, 2.75) is 13.0 Å². The quantitative estimate of drug-likeness (QED) is 0.451. The maximum absolute atomic E-state index is 12.9. The molecule has 10 heteroatoms. The number of hydrogen-bond acceptors (Lipinski definition) is 7. The Hall–Kier alpha value is -4.65. The maximum atomic E-state index is 12.9. The van der Waals surface area contributed by atoms with Crippen molar-refractivity contribution in [3.63, 3.8) is 0 Å². The van der Waals surface area contributed by atoms with E-state index in [1.165, 1.54) is 5.56 Å². The van der Waals surface area contributed by atoms with Gasteiger partial charge in [-0.3, -0.25) is 9.89 Å². The fourth-order valence-electron chi connectivity index (χ4n) is 4.78. The number of likely N-dealkylation sites (tertiary alicyclic amines) is 1. The van der Waals surface area contributed by atoms with E-state index in [-0.39, 0.29) is 11.8 Å². The van der Waals surface area contributed by atoms with Gasteiger partial charge in [0.15, 0.2) is 0 Å². The zero-order chi connectivity index (χ0) is 24.6. The van der Waals surface area contributed by atoms with E-state index in [4.69, 9.17) is 10.2 Å². The zero-order valence-corrected chi connectivity index (χ0v) is 19.8. The lowest BCUT2D eigenvalue weighted by Gasteiger charge is -2.35. The molecule has 10 nitrogen and oxygen atoms in total. The van der Waals surface area contributed by atoms with Crippen molar-refractivity contribution in [1.82, 2.24) is 29.6 Å². The SMILES string of the molecule is Cn1c(C(=O)N2CC(C#N)C2)cc2c1CN(c1nccc(Nc3ccc(-c4cn[nH]c4)cc3)n1)CC2. The first kappa shape index (κ1) is 21.9. The Labute approximate surface area is 208 Å². The second kappa shape index (κ2) is 8.85. The molecule has 3 aromatic heterocycles. The van der Waals surface area contributed by atoms with Gasteiger partial charge in [-0.15, -0.1) is 0 Å². The summed E-state index contributed by atoms with van der Waals surface area (Å²) in [5, 5.41) is 19.2. The third-order valence-electron chi connectivity index (χ3n) is 6.92. The van der Waals surface area contributed by atoms with Gasteiger partial charge in [0.2, 0.25) is 5.95 Å². The van der Waals surface area contributed by atoms with E-state index in [0.29, 0.717) is 31.3 Å². The monoisotopic (exact) mass is 479 g/mol. The van der Waals surface area contributed by atoms with Crippen molar-refractivity contribution >= 4 is 23.4 Å². The average Bonchev–Trinajstić information content (AvgIpc) is 3.52. The van der Waals surface area contributed by atoms with Crippen LogP contribution in [-0.4, -0.2) is 55.2 Å². The first-order valence-corrected chi connectivity index (χ1v) is 11.9. The number of aromatic nitrogens is 5. The Bertz CT molecular complexity index is 1440. The molecule has 1 amide bonds. The molecule has 1 aromatic carbocycles. The molecule has 2 aliphatic rings. The molecule has 4 aromatic rings. The van der Waals surface area contributed by atoms with Gasteiger partial charge in [-0.25, -0.2) is 4.98 Å². The molecular formula is C26H25N9O. The number of carbonyl (C=O) groups excluding carboxylic acids is 1. The molecule has 0 saturated carbocycles. The second-order valence-corrected chi connectivity index (χ2v) is 9.20. The molecule has 0 unspecified atom stereocenters. The second-order valence-electron chi connectivity index (χ2n) is 9.20. The van der Waals surface area contributed by atoms with Gasteiger partial charge in [-0.05, 0) is 41.8 Å². The number of amides is 1. The Morgan fingerprint density at radius 1 is 1.19 bits per heavy atom. The molecule has 2 aliphatic heterocycles. The number of nitriles is 1. The van der Waals surface area contributed by atoms with E-state index in [9.17, 15) is 4.79 Å². The highest BCUT2D eigenvalue weighted by atomic mass is 16.2. The lowest BCUT2D eigenvalue weighted by atomic mass is 10.0. The Morgan fingerprint density at radius 3 is 2.78 bits per heavy atom. The molecule has 0 radical (unpaired) electrons. The van der Waals surface area contributed by atoms with Gasteiger partial charge in [-0.1, -0.05) is 12.1 Å². The van der Waals surface area contributed by atoms with E-state index < -0.39 is 0 Å². The summed E-state index contributed by atoms with van der Waals surface area (Å²) in [5.74, 6) is 1.31. The largest absolute Gasteiger partial charge is 0.342 e. The van der Waals surface area contributed by atoms with Gasteiger partial charge in [-0.2, -0.15) is 15.3 Å². The summed E-state index contributed by atoms with van der Waals surface area (Å²) in [5.41, 5.74) is 6.01. The molecule has 1 fully saturated rings. The van der Waals surface area contributed by atoms with Crippen LogP contribution in [0.5, 0.6) is 0 Å². The summed E-state index contributed by atoms with van der Waals surface area (Å²) in [7, 11) is 1.93. The molecule has 180 valence electrons. The van der Waals surface area contributed by atoms with Crippen LogP contribution in [0, 0.1) is 17.2 Å². The Morgan fingerprint density at radius 2 is 2.03 bits per heavy atom. The normalized spacial score (nSPS) is 15.2. The summed E-state index contributed by atoms with van der Waals surface area (Å²) in [6, 6.07) is 14.2. The molecule has 0 bridgehead atoms. The Kier molecular flexibility index (Phi) is 5.37. The lowest BCUT2D eigenvalue weighted by Crippen LogP contribution is -2.49. The molecule has 6 rings (SSSR count). The Balaban J connectivity index is 1.16. The zero-order valence-electron chi connectivity index (χ0n) is 19.8. The van der Waals surface area contributed by atoms with Gasteiger partial charge >= 0.3 is 0 Å². The van der Waals surface area contributed by atoms with Crippen molar-refractivity contribution in [2.24, 2.45) is 13.0 Å². The third kappa shape index (κ3) is 3.94. The van der Waals surface area contributed by atoms with Crippen LogP contribution >= 0.6 is 0 Å². The number of nitrogens with one attached hydrogen (secondary N) is 2. The number of nitrogens with zero attached hydrogens (tertiary/aromatic N) is 7. The molecule has 2 N–H and O–H groups in total. The number of H-pyrrole nitrogens is 1.